The molecule has 0 spiro atoms. The van der Waals surface area contributed by atoms with E-state index in [2.05, 4.69) is 5.32 Å². The number of amides is 2. The Balaban J connectivity index is 2.24. The number of imide groups is 1. The van der Waals surface area contributed by atoms with Crippen LogP contribution in [0.15, 0.2) is 42.6 Å². The van der Waals surface area contributed by atoms with Gasteiger partial charge in [-0.15, -0.1) is 0 Å². The standard InChI is InChI=1S/C12H8N2O2/c15-11-7-10(12(16)13-11)14-6-5-8-3-1-2-4-9(8)14/h1-7H,(H,13,15,16). The summed E-state index contributed by atoms with van der Waals surface area (Å²) < 4.78 is 1.72. The Bertz CT molecular complexity index is 637. The molecule has 0 fully saturated rings. The minimum Gasteiger partial charge on any atom is -0.312 e. The lowest BCUT2D eigenvalue weighted by atomic mass is 10.2. The van der Waals surface area contributed by atoms with E-state index in [0.717, 1.165) is 10.9 Å². The summed E-state index contributed by atoms with van der Waals surface area (Å²) in [5.41, 5.74) is 1.28. The van der Waals surface area contributed by atoms with Crippen LogP contribution in [0, 0.1) is 0 Å². The molecule has 0 unspecified atom stereocenters. The highest BCUT2D eigenvalue weighted by molar-refractivity contribution is 6.30. The minimum atomic E-state index is -0.363. The molecule has 0 aliphatic carbocycles. The number of nitrogens with zero attached hydrogens (tertiary/aromatic N) is 1. The Hall–Kier alpha value is -2.36. The predicted octanol–water partition coefficient (Wildman–Crippen LogP) is 1.14. The second-order valence-corrected chi connectivity index (χ2v) is 3.59. The number of carbonyl (C=O) groups excluding carboxylic acids is 2. The van der Waals surface area contributed by atoms with Gasteiger partial charge in [0.1, 0.15) is 5.70 Å². The minimum absolute atomic E-state index is 0.355. The molecule has 1 aliphatic heterocycles. The van der Waals surface area contributed by atoms with Gasteiger partial charge in [0.05, 0.1) is 5.52 Å². The molecule has 4 nitrogen and oxygen atoms in total. The van der Waals surface area contributed by atoms with E-state index in [-0.39, 0.29) is 11.8 Å². The Morgan fingerprint density at radius 2 is 1.88 bits per heavy atom. The topological polar surface area (TPSA) is 51.1 Å². The Morgan fingerprint density at radius 3 is 2.62 bits per heavy atom. The van der Waals surface area contributed by atoms with Crippen LogP contribution in [0.5, 0.6) is 0 Å². The third-order valence-electron chi connectivity index (χ3n) is 2.60. The van der Waals surface area contributed by atoms with Gasteiger partial charge in [0.2, 0.25) is 0 Å². The fourth-order valence-corrected chi connectivity index (χ4v) is 1.87. The SMILES string of the molecule is O=C1C=C(n2ccc3ccccc32)C(=O)N1. The van der Waals surface area contributed by atoms with Crippen molar-refractivity contribution in [3.05, 3.63) is 42.6 Å². The van der Waals surface area contributed by atoms with E-state index in [9.17, 15) is 9.59 Å². The first kappa shape index (κ1) is 8.91. The molecule has 2 amide bonds. The number of hydrogen-bond donors (Lipinski definition) is 1. The summed E-state index contributed by atoms with van der Waals surface area (Å²) in [5.74, 6) is -0.718. The van der Waals surface area contributed by atoms with Crippen LogP contribution >= 0.6 is 0 Å². The van der Waals surface area contributed by atoms with Crippen molar-refractivity contribution in [3.63, 3.8) is 0 Å². The Labute approximate surface area is 91.2 Å². The van der Waals surface area contributed by atoms with Crippen molar-refractivity contribution in [2.45, 2.75) is 0 Å². The lowest BCUT2D eigenvalue weighted by molar-refractivity contribution is -0.123. The summed E-state index contributed by atoms with van der Waals surface area (Å²) in [7, 11) is 0. The van der Waals surface area contributed by atoms with Gasteiger partial charge in [0.15, 0.2) is 0 Å². The average Bonchev–Trinajstić information content (AvgIpc) is 2.81. The largest absolute Gasteiger partial charge is 0.312 e. The summed E-state index contributed by atoms with van der Waals surface area (Å²) in [5, 5.41) is 3.27. The van der Waals surface area contributed by atoms with Crippen molar-refractivity contribution in [2.24, 2.45) is 0 Å². The van der Waals surface area contributed by atoms with Crippen molar-refractivity contribution in [2.75, 3.05) is 0 Å². The second kappa shape index (κ2) is 3.06. The maximum Gasteiger partial charge on any atom is 0.275 e. The van der Waals surface area contributed by atoms with Crippen LogP contribution in [0.4, 0.5) is 0 Å². The summed E-state index contributed by atoms with van der Waals surface area (Å²) in [6, 6.07) is 9.61. The van der Waals surface area contributed by atoms with Crippen LogP contribution in [0.25, 0.3) is 16.6 Å². The number of hydrogen-bond acceptors (Lipinski definition) is 2. The van der Waals surface area contributed by atoms with E-state index in [1.165, 1.54) is 6.08 Å². The van der Waals surface area contributed by atoms with Gasteiger partial charge in [0.25, 0.3) is 11.8 Å². The van der Waals surface area contributed by atoms with E-state index < -0.39 is 0 Å². The summed E-state index contributed by atoms with van der Waals surface area (Å²) >= 11 is 0. The molecule has 1 N–H and O–H groups in total. The quantitative estimate of drug-likeness (QED) is 0.720. The van der Waals surface area contributed by atoms with Gasteiger partial charge in [0, 0.05) is 12.3 Å². The van der Waals surface area contributed by atoms with E-state index in [0.29, 0.717) is 5.70 Å². The van der Waals surface area contributed by atoms with Crippen LogP contribution in [-0.4, -0.2) is 16.4 Å². The normalized spacial score (nSPS) is 15.4. The van der Waals surface area contributed by atoms with Crippen LogP contribution in [-0.2, 0) is 9.59 Å². The molecule has 0 saturated carbocycles. The smallest absolute Gasteiger partial charge is 0.275 e. The van der Waals surface area contributed by atoms with E-state index in [1.54, 1.807) is 10.8 Å². The number of para-hydroxylation sites is 1. The first-order chi connectivity index (χ1) is 7.75. The monoisotopic (exact) mass is 212 g/mol. The molecule has 1 aliphatic rings. The molecule has 0 saturated heterocycles. The van der Waals surface area contributed by atoms with Crippen molar-refractivity contribution in [1.29, 1.82) is 0 Å². The third kappa shape index (κ3) is 1.16. The average molecular weight is 212 g/mol. The zero-order valence-electron chi connectivity index (χ0n) is 8.31. The van der Waals surface area contributed by atoms with Gasteiger partial charge in [-0.2, -0.15) is 0 Å². The van der Waals surface area contributed by atoms with Crippen molar-refractivity contribution < 1.29 is 9.59 Å². The number of fused-ring (bicyclic) bond motifs is 1. The zero-order chi connectivity index (χ0) is 11.1. The highest BCUT2D eigenvalue weighted by Gasteiger charge is 2.22. The van der Waals surface area contributed by atoms with Crippen LogP contribution in [0.3, 0.4) is 0 Å². The Morgan fingerprint density at radius 1 is 1.06 bits per heavy atom. The maximum atomic E-state index is 11.5. The fourth-order valence-electron chi connectivity index (χ4n) is 1.87. The molecule has 4 heteroatoms. The van der Waals surface area contributed by atoms with Crippen molar-refractivity contribution in [1.82, 2.24) is 9.88 Å². The molecular formula is C12H8N2O2. The lowest BCUT2D eigenvalue weighted by Gasteiger charge is -2.03. The van der Waals surface area contributed by atoms with Crippen molar-refractivity contribution >= 4 is 28.4 Å². The summed E-state index contributed by atoms with van der Waals surface area (Å²) in [4.78, 5) is 22.6. The van der Waals surface area contributed by atoms with Crippen LogP contribution in [0.2, 0.25) is 0 Å². The van der Waals surface area contributed by atoms with Crippen molar-refractivity contribution in [3.8, 4) is 0 Å². The molecule has 0 radical (unpaired) electrons. The molecular weight excluding hydrogens is 204 g/mol. The third-order valence-corrected chi connectivity index (χ3v) is 2.60. The molecule has 2 aromatic rings. The number of carbonyl (C=O) groups is 2. The summed E-state index contributed by atoms with van der Waals surface area (Å²) in [6.07, 6.45) is 3.10. The van der Waals surface area contributed by atoms with Gasteiger partial charge in [-0.1, -0.05) is 18.2 Å². The highest BCUT2D eigenvalue weighted by Crippen LogP contribution is 2.20. The maximum absolute atomic E-state index is 11.5. The molecule has 78 valence electrons. The number of aromatic nitrogens is 1. The zero-order valence-corrected chi connectivity index (χ0v) is 8.31. The molecule has 1 aromatic heterocycles. The number of benzene rings is 1. The van der Waals surface area contributed by atoms with Gasteiger partial charge in [-0.25, -0.2) is 0 Å². The fraction of sp³-hybridized carbons (Fsp3) is 0. The molecule has 16 heavy (non-hydrogen) atoms. The molecule has 2 heterocycles. The lowest BCUT2D eigenvalue weighted by Crippen LogP contribution is -2.22. The first-order valence-corrected chi connectivity index (χ1v) is 4.89. The Kier molecular flexibility index (Phi) is 1.71. The molecule has 0 bridgehead atoms. The van der Waals surface area contributed by atoms with Gasteiger partial charge >= 0.3 is 0 Å². The first-order valence-electron chi connectivity index (χ1n) is 4.89. The summed E-state index contributed by atoms with van der Waals surface area (Å²) in [6.45, 7) is 0. The molecule has 0 atom stereocenters. The molecule has 3 rings (SSSR count). The number of rotatable bonds is 1. The highest BCUT2D eigenvalue weighted by atomic mass is 16.2. The van der Waals surface area contributed by atoms with Crippen LogP contribution < -0.4 is 5.32 Å². The van der Waals surface area contributed by atoms with Crippen LogP contribution in [0.1, 0.15) is 0 Å². The van der Waals surface area contributed by atoms with Gasteiger partial charge in [-0.3, -0.25) is 14.9 Å². The molecule has 1 aromatic carbocycles. The predicted molar refractivity (Wildman–Crippen MR) is 59.4 cm³/mol. The number of nitrogens with one attached hydrogen (secondary N) is 1. The van der Waals surface area contributed by atoms with Gasteiger partial charge in [-0.05, 0) is 17.5 Å². The van der Waals surface area contributed by atoms with E-state index in [4.69, 9.17) is 0 Å². The van der Waals surface area contributed by atoms with E-state index in [1.807, 2.05) is 30.3 Å². The van der Waals surface area contributed by atoms with Gasteiger partial charge < -0.3 is 4.57 Å². The second-order valence-electron chi connectivity index (χ2n) is 3.59. The van der Waals surface area contributed by atoms with E-state index >= 15 is 0 Å².